The summed E-state index contributed by atoms with van der Waals surface area (Å²) in [4.78, 5) is 38.3. The molecule has 3 heterocycles. The molecule has 1 aromatic heterocycles. The number of hydrogen-bond donors (Lipinski definition) is 2. The first kappa shape index (κ1) is 20.7. The number of imide groups is 1. The molecule has 3 aromatic rings. The zero-order chi connectivity index (χ0) is 23.1. The van der Waals surface area contributed by atoms with Crippen molar-refractivity contribution in [2.75, 3.05) is 5.73 Å². The number of aromatic nitrogens is 3. The molecule has 3 amide bonds. The predicted octanol–water partition coefficient (Wildman–Crippen LogP) is 1.50. The Morgan fingerprint density at radius 1 is 1.21 bits per heavy atom. The van der Waals surface area contributed by atoms with Gasteiger partial charge >= 0.3 is 0 Å². The fraction of sp³-hybridized carbons (Fsp3) is 0.261. The Bertz CT molecular complexity index is 1280. The molecular weight excluding hydrogens is 424 g/mol. The van der Waals surface area contributed by atoms with Gasteiger partial charge in [0.15, 0.2) is 0 Å². The van der Waals surface area contributed by atoms with Gasteiger partial charge in [0.05, 0.1) is 11.9 Å². The second kappa shape index (κ2) is 8.05. The molecule has 168 valence electrons. The number of anilines is 1. The summed E-state index contributed by atoms with van der Waals surface area (Å²) >= 11 is 0. The second-order valence-corrected chi connectivity index (χ2v) is 8.17. The van der Waals surface area contributed by atoms with Gasteiger partial charge < -0.3 is 15.4 Å². The van der Waals surface area contributed by atoms with Gasteiger partial charge in [0, 0.05) is 35.8 Å². The maximum absolute atomic E-state index is 13.0. The van der Waals surface area contributed by atoms with E-state index in [1.807, 2.05) is 25.1 Å². The minimum absolute atomic E-state index is 0.209. The number of carbonyl (C=O) groups excluding carboxylic acids is 3. The second-order valence-electron chi connectivity index (χ2n) is 8.17. The largest absolute Gasteiger partial charge is 0.487 e. The summed E-state index contributed by atoms with van der Waals surface area (Å²) in [5.41, 5.74) is 10.0. The maximum Gasteiger partial charge on any atom is 0.255 e. The van der Waals surface area contributed by atoms with Crippen LogP contribution in [-0.4, -0.2) is 43.7 Å². The van der Waals surface area contributed by atoms with E-state index in [0.29, 0.717) is 34.8 Å². The van der Waals surface area contributed by atoms with Crippen molar-refractivity contribution in [2.24, 2.45) is 0 Å². The fourth-order valence-corrected chi connectivity index (χ4v) is 4.19. The van der Waals surface area contributed by atoms with Crippen LogP contribution in [0.3, 0.4) is 0 Å². The third-order valence-electron chi connectivity index (χ3n) is 5.93. The molecule has 0 aliphatic carbocycles. The highest BCUT2D eigenvalue weighted by Gasteiger charge is 2.40. The number of hydrogen-bond acceptors (Lipinski definition) is 7. The van der Waals surface area contributed by atoms with E-state index in [0.717, 1.165) is 11.1 Å². The van der Waals surface area contributed by atoms with E-state index in [-0.39, 0.29) is 31.4 Å². The number of piperidine rings is 1. The molecule has 0 saturated carbocycles. The Morgan fingerprint density at radius 3 is 2.88 bits per heavy atom. The third kappa shape index (κ3) is 3.79. The lowest BCUT2D eigenvalue weighted by molar-refractivity contribution is -0.136. The molecule has 1 atom stereocenters. The van der Waals surface area contributed by atoms with Gasteiger partial charge in [-0.1, -0.05) is 17.3 Å². The lowest BCUT2D eigenvalue weighted by Crippen LogP contribution is -2.52. The topological polar surface area (TPSA) is 132 Å². The number of ether oxygens (including phenoxy) is 1. The van der Waals surface area contributed by atoms with Crippen molar-refractivity contribution >= 4 is 23.4 Å². The van der Waals surface area contributed by atoms with Crippen molar-refractivity contribution in [3.05, 3.63) is 65.0 Å². The summed E-state index contributed by atoms with van der Waals surface area (Å²) < 4.78 is 7.45. The highest BCUT2D eigenvalue weighted by Crippen LogP contribution is 2.31. The zero-order valence-corrected chi connectivity index (χ0v) is 17.9. The van der Waals surface area contributed by atoms with E-state index in [1.54, 1.807) is 29.1 Å². The van der Waals surface area contributed by atoms with Crippen molar-refractivity contribution < 1.29 is 19.1 Å². The summed E-state index contributed by atoms with van der Waals surface area (Å²) in [6.45, 7) is 2.40. The average Bonchev–Trinajstić information content (AvgIpc) is 3.39. The van der Waals surface area contributed by atoms with Gasteiger partial charge in [0.2, 0.25) is 11.8 Å². The molecule has 0 spiro atoms. The van der Waals surface area contributed by atoms with Gasteiger partial charge in [-0.15, -0.1) is 5.10 Å². The van der Waals surface area contributed by atoms with Gasteiger partial charge in [0.25, 0.3) is 5.91 Å². The zero-order valence-electron chi connectivity index (χ0n) is 17.9. The van der Waals surface area contributed by atoms with Crippen molar-refractivity contribution in [3.63, 3.8) is 0 Å². The van der Waals surface area contributed by atoms with Crippen LogP contribution >= 0.6 is 0 Å². The number of nitrogens with two attached hydrogens (primary N) is 1. The number of benzene rings is 2. The number of fused-ring (bicyclic) bond motifs is 1. The molecular formula is C23H22N6O4. The normalized spacial score (nSPS) is 17.8. The molecule has 33 heavy (non-hydrogen) atoms. The van der Waals surface area contributed by atoms with Crippen molar-refractivity contribution in [3.8, 4) is 11.4 Å². The van der Waals surface area contributed by atoms with Crippen LogP contribution in [0.2, 0.25) is 0 Å². The highest BCUT2D eigenvalue weighted by atomic mass is 16.5. The van der Waals surface area contributed by atoms with Gasteiger partial charge in [-0.2, -0.15) is 0 Å². The Kier molecular flexibility index (Phi) is 5.04. The van der Waals surface area contributed by atoms with E-state index in [2.05, 4.69) is 15.6 Å². The summed E-state index contributed by atoms with van der Waals surface area (Å²) in [5, 5.41) is 10.7. The standard InChI is InChI=1S/C23H22N6O4/c1-13-5-6-14(24)9-20(13)33-12-15-10-29(27-26-15)18-4-2-3-16-17(18)11-28(23(16)32)19-7-8-21(30)25-22(19)31/h2-6,9-10,19H,7-8,11-12,24H2,1H3,(H,25,30,31). The average molecular weight is 446 g/mol. The Morgan fingerprint density at radius 2 is 2.06 bits per heavy atom. The summed E-state index contributed by atoms with van der Waals surface area (Å²) in [6.07, 6.45) is 2.27. The SMILES string of the molecule is Cc1ccc(N)cc1OCc1cn(-c2cccc3c2CN(C2CCC(=O)NC2=O)C3=O)nn1. The number of nitrogen functional groups attached to an aromatic ring is 1. The molecule has 3 N–H and O–H groups in total. The van der Waals surface area contributed by atoms with Crippen molar-refractivity contribution in [1.29, 1.82) is 0 Å². The smallest absolute Gasteiger partial charge is 0.255 e. The Hall–Kier alpha value is -4.21. The summed E-state index contributed by atoms with van der Waals surface area (Å²) in [7, 11) is 0. The molecule has 0 radical (unpaired) electrons. The van der Waals surface area contributed by atoms with E-state index in [9.17, 15) is 14.4 Å². The molecule has 1 unspecified atom stereocenters. The Labute approximate surface area is 189 Å². The van der Waals surface area contributed by atoms with Crippen LogP contribution in [0.4, 0.5) is 5.69 Å². The lowest BCUT2D eigenvalue weighted by atomic mass is 10.0. The monoisotopic (exact) mass is 446 g/mol. The van der Waals surface area contributed by atoms with Crippen LogP contribution in [0.15, 0.2) is 42.6 Å². The van der Waals surface area contributed by atoms with Crippen LogP contribution in [0, 0.1) is 6.92 Å². The Balaban J connectivity index is 1.36. The van der Waals surface area contributed by atoms with Crippen molar-refractivity contribution in [2.45, 2.75) is 39.0 Å². The summed E-state index contributed by atoms with van der Waals surface area (Å²) in [5.74, 6) is -0.310. The van der Waals surface area contributed by atoms with Crippen LogP contribution in [0.5, 0.6) is 5.75 Å². The molecule has 0 bridgehead atoms. The van der Waals surface area contributed by atoms with Gasteiger partial charge in [0.1, 0.15) is 24.1 Å². The van der Waals surface area contributed by atoms with E-state index < -0.39 is 11.9 Å². The number of rotatable bonds is 5. The molecule has 2 aliphatic heterocycles. The van der Waals surface area contributed by atoms with E-state index in [1.165, 1.54) is 4.90 Å². The molecule has 10 heteroatoms. The highest BCUT2D eigenvalue weighted by molar-refractivity contribution is 6.05. The first-order valence-electron chi connectivity index (χ1n) is 10.6. The van der Waals surface area contributed by atoms with Crippen LogP contribution in [0.25, 0.3) is 5.69 Å². The molecule has 2 aromatic carbocycles. The minimum Gasteiger partial charge on any atom is -0.487 e. The van der Waals surface area contributed by atoms with Crippen LogP contribution in [-0.2, 0) is 22.7 Å². The number of amides is 3. The maximum atomic E-state index is 13.0. The predicted molar refractivity (Wildman–Crippen MR) is 117 cm³/mol. The number of nitrogens with zero attached hydrogens (tertiary/aromatic N) is 4. The van der Waals surface area contributed by atoms with Crippen LogP contribution in [0.1, 0.15) is 40.0 Å². The number of nitrogens with one attached hydrogen (secondary N) is 1. The van der Waals surface area contributed by atoms with Gasteiger partial charge in [-0.25, -0.2) is 4.68 Å². The van der Waals surface area contributed by atoms with Gasteiger partial charge in [-0.3, -0.25) is 19.7 Å². The molecule has 1 saturated heterocycles. The first-order chi connectivity index (χ1) is 15.9. The number of aryl methyl sites for hydroxylation is 1. The number of carbonyl (C=O) groups is 3. The third-order valence-corrected chi connectivity index (χ3v) is 5.93. The van der Waals surface area contributed by atoms with Crippen LogP contribution < -0.4 is 15.8 Å². The molecule has 10 nitrogen and oxygen atoms in total. The van der Waals surface area contributed by atoms with Crippen molar-refractivity contribution in [1.82, 2.24) is 25.2 Å². The molecule has 1 fully saturated rings. The quantitative estimate of drug-likeness (QED) is 0.448. The molecule has 2 aliphatic rings. The minimum atomic E-state index is -0.670. The van der Waals surface area contributed by atoms with E-state index in [4.69, 9.17) is 10.5 Å². The summed E-state index contributed by atoms with van der Waals surface area (Å²) in [6, 6.07) is 10.1. The molecule has 5 rings (SSSR count). The van der Waals surface area contributed by atoms with Gasteiger partial charge in [-0.05, 0) is 37.1 Å². The first-order valence-corrected chi connectivity index (χ1v) is 10.6. The van der Waals surface area contributed by atoms with E-state index >= 15 is 0 Å². The lowest BCUT2D eigenvalue weighted by Gasteiger charge is -2.29. The fourth-order valence-electron chi connectivity index (χ4n) is 4.19.